The Morgan fingerprint density at radius 2 is 1.63 bits per heavy atom. The SMILES string of the molecule is CCC(CC)C(C)NC(C)c1cc(F)c(C)cc1F. The van der Waals surface area contributed by atoms with E-state index in [4.69, 9.17) is 0 Å². The number of rotatable bonds is 6. The highest BCUT2D eigenvalue weighted by atomic mass is 19.1. The summed E-state index contributed by atoms with van der Waals surface area (Å²) >= 11 is 0. The van der Waals surface area contributed by atoms with Crippen LogP contribution in [0.5, 0.6) is 0 Å². The third kappa shape index (κ3) is 4.00. The molecule has 0 fully saturated rings. The van der Waals surface area contributed by atoms with Gasteiger partial charge in [-0.3, -0.25) is 0 Å². The molecule has 0 amide bonds. The average Bonchev–Trinajstić information content (AvgIpc) is 2.35. The van der Waals surface area contributed by atoms with E-state index in [2.05, 4.69) is 26.1 Å². The molecule has 1 N–H and O–H groups in total. The summed E-state index contributed by atoms with van der Waals surface area (Å²) in [6.07, 6.45) is 2.17. The van der Waals surface area contributed by atoms with Crippen LogP contribution in [0.1, 0.15) is 57.7 Å². The van der Waals surface area contributed by atoms with Crippen LogP contribution in [-0.4, -0.2) is 6.04 Å². The van der Waals surface area contributed by atoms with Gasteiger partial charge in [-0.1, -0.05) is 26.7 Å². The van der Waals surface area contributed by atoms with E-state index in [0.717, 1.165) is 12.8 Å². The molecule has 0 aromatic heterocycles. The molecule has 1 rings (SSSR count). The minimum Gasteiger partial charge on any atom is -0.307 e. The first kappa shape index (κ1) is 16.1. The highest BCUT2D eigenvalue weighted by Crippen LogP contribution is 2.23. The van der Waals surface area contributed by atoms with Gasteiger partial charge in [0.1, 0.15) is 11.6 Å². The summed E-state index contributed by atoms with van der Waals surface area (Å²) in [5, 5.41) is 3.38. The zero-order valence-corrected chi connectivity index (χ0v) is 12.6. The lowest BCUT2D eigenvalue weighted by molar-refractivity contribution is 0.326. The number of hydrogen-bond donors (Lipinski definition) is 1. The van der Waals surface area contributed by atoms with Crippen molar-refractivity contribution in [2.24, 2.45) is 5.92 Å². The molecular formula is C16H25F2N. The van der Waals surface area contributed by atoms with Crippen molar-refractivity contribution in [1.82, 2.24) is 5.32 Å². The van der Waals surface area contributed by atoms with Crippen molar-refractivity contribution in [3.8, 4) is 0 Å². The first-order valence-electron chi connectivity index (χ1n) is 7.12. The first-order valence-corrected chi connectivity index (χ1v) is 7.12. The summed E-state index contributed by atoms with van der Waals surface area (Å²) < 4.78 is 27.4. The van der Waals surface area contributed by atoms with Gasteiger partial charge in [0, 0.05) is 17.6 Å². The normalized spacial score (nSPS) is 14.7. The molecule has 0 saturated heterocycles. The summed E-state index contributed by atoms with van der Waals surface area (Å²) in [6, 6.07) is 2.67. The van der Waals surface area contributed by atoms with Gasteiger partial charge >= 0.3 is 0 Å². The minimum atomic E-state index is -0.347. The van der Waals surface area contributed by atoms with Crippen LogP contribution >= 0.6 is 0 Å². The maximum Gasteiger partial charge on any atom is 0.128 e. The number of hydrogen-bond acceptors (Lipinski definition) is 1. The summed E-state index contributed by atoms with van der Waals surface area (Å²) in [6.45, 7) is 9.88. The van der Waals surface area contributed by atoms with Gasteiger partial charge in [0.2, 0.25) is 0 Å². The molecular weight excluding hydrogens is 244 g/mol. The van der Waals surface area contributed by atoms with E-state index in [-0.39, 0.29) is 23.7 Å². The smallest absolute Gasteiger partial charge is 0.128 e. The monoisotopic (exact) mass is 269 g/mol. The molecule has 1 aromatic rings. The van der Waals surface area contributed by atoms with Crippen LogP contribution in [0.4, 0.5) is 8.78 Å². The van der Waals surface area contributed by atoms with Gasteiger partial charge < -0.3 is 5.32 Å². The quantitative estimate of drug-likeness (QED) is 0.786. The summed E-state index contributed by atoms with van der Waals surface area (Å²) in [5.41, 5.74) is 0.752. The van der Waals surface area contributed by atoms with E-state index in [0.29, 0.717) is 17.0 Å². The van der Waals surface area contributed by atoms with E-state index in [1.165, 1.54) is 12.1 Å². The number of aryl methyl sites for hydroxylation is 1. The van der Waals surface area contributed by atoms with Gasteiger partial charge in [-0.25, -0.2) is 8.78 Å². The summed E-state index contributed by atoms with van der Waals surface area (Å²) in [7, 11) is 0. The third-order valence-electron chi connectivity index (χ3n) is 4.01. The van der Waals surface area contributed by atoms with Crippen molar-refractivity contribution in [3.05, 3.63) is 34.9 Å². The molecule has 1 nitrogen and oxygen atoms in total. The van der Waals surface area contributed by atoms with Crippen molar-refractivity contribution < 1.29 is 8.78 Å². The van der Waals surface area contributed by atoms with Crippen LogP contribution in [0.15, 0.2) is 12.1 Å². The second kappa shape index (κ2) is 6.99. The number of nitrogens with one attached hydrogen (secondary N) is 1. The van der Waals surface area contributed by atoms with Crippen LogP contribution in [0.25, 0.3) is 0 Å². The minimum absolute atomic E-state index is 0.189. The molecule has 0 aliphatic carbocycles. The molecule has 0 spiro atoms. The molecule has 0 aliphatic rings. The van der Waals surface area contributed by atoms with Crippen molar-refractivity contribution in [2.75, 3.05) is 0 Å². The molecule has 2 unspecified atom stereocenters. The lowest BCUT2D eigenvalue weighted by Gasteiger charge is -2.27. The van der Waals surface area contributed by atoms with Crippen molar-refractivity contribution in [2.45, 2.75) is 59.5 Å². The molecule has 3 heteroatoms. The first-order chi connectivity index (χ1) is 8.90. The van der Waals surface area contributed by atoms with Crippen molar-refractivity contribution in [1.29, 1.82) is 0 Å². The zero-order chi connectivity index (χ0) is 14.6. The van der Waals surface area contributed by atoms with Gasteiger partial charge in [-0.05, 0) is 44.4 Å². The molecule has 0 bridgehead atoms. The Labute approximate surface area is 115 Å². The van der Waals surface area contributed by atoms with Gasteiger partial charge in [-0.15, -0.1) is 0 Å². The lowest BCUT2D eigenvalue weighted by atomic mass is 9.94. The number of benzene rings is 1. The Bertz CT molecular complexity index is 413. The van der Waals surface area contributed by atoms with Gasteiger partial charge in [0.25, 0.3) is 0 Å². The van der Waals surface area contributed by atoms with E-state index in [9.17, 15) is 8.78 Å². The Balaban J connectivity index is 2.83. The second-order valence-corrected chi connectivity index (χ2v) is 5.38. The molecule has 0 radical (unpaired) electrons. The molecule has 2 atom stereocenters. The molecule has 1 aromatic carbocycles. The Morgan fingerprint density at radius 1 is 1.05 bits per heavy atom. The maximum absolute atomic E-state index is 13.9. The molecule has 0 heterocycles. The van der Waals surface area contributed by atoms with Gasteiger partial charge in [0.15, 0.2) is 0 Å². The van der Waals surface area contributed by atoms with Crippen molar-refractivity contribution in [3.63, 3.8) is 0 Å². The fourth-order valence-corrected chi connectivity index (χ4v) is 2.61. The molecule has 0 aliphatic heterocycles. The molecule has 0 saturated carbocycles. The fourth-order valence-electron chi connectivity index (χ4n) is 2.61. The predicted octanol–water partition coefficient (Wildman–Crippen LogP) is 4.75. The van der Waals surface area contributed by atoms with E-state index >= 15 is 0 Å². The second-order valence-electron chi connectivity index (χ2n) is 5.38. The van der Waals surface area contributed by atoms with Crippen LogP contribution in [0.2, 0.25) is 0 Å². The van der Waals surface area contributed by atoms with Crippen LogP contribution < -0.4 is 5.32 Å². The van der Waals surface area contributed by atoms with E-state index in [1.54, 1.807) is 6.92 Å². The Kier molecular flexibility index (Phi) is 5.92. The summed E-state index contributed by atoms with van der Waals surface area (Å²) in [5.74, 6) is -0.128. The molecule has 19 heavy (non-hydrogen) atoms. The maximum atomic E-state index is 13.9. The number of halogens is 2. The van der Waals surface area contributed by atoms with Crippen LogP contribution in [0.3, 0.4) is 0 Å². The van der Waals surface area contributed by atoms with Gasteiger partial charge in [-0.2, -0.15) is 0 Å². The highest BCUT2D eigenvalue weighted by Gasteiger charge is 2.19. The standard InChI is InChI=1S/C16H25F2N/c1-6-13(7-2)11(4)19-12(5)14-9-15(17)10(3)8-16(14)18/h8-9,11-13,19H,6-7H2,1-5H3. The van der Waals surface area contributed by atoms with Crippen molar-refractivity contribution >= 4 is 0 Å². The summed E-state index contributed by atoms with van der Waals surface area (Å²) in [4.78, 5) is 0. The fraction of sp³-hybridized carbons (Fsp3) is 0.625. The van der Waals surface area contributed by atoms with Crippen LogP contribution in [0, 0.1) is 24.5 Å². The largest absolute Gasteiger partial charge is 0.307 e. The van der Waals surface area contributed by atoms with Crippen LogP contribution in [-0.2, 0) is 0 Å². The van der Waals surface area contributed by atoms with Gasteiger partial charge in [0.05, 0.1) is 0 Å². The lowest BCUT2D eigenvalue weighted by Crippen LogP contribution is -2.35. The third-order valence-corrected chi connectivity index (χ3v) is 4.01. The Hall–Kier alpha value is -0.960. The topological polar surface area (TPSA) is 12.0 Å². The highest BCUT2D eigenvalue weighted by molar-refractivity contribution is 5.27. The Morgan fingerprint density at radius 3 is 2.16 bits per heavy atom. The van der Waals surface area contributed by atoms with E-state index < -0.39 is 0 Å². The zero-order valence-electron chi connectivity index (χ0n) is 12.6. The molecule has 108 valence electrons. The predicted molar refractivity (Wildman–Crippen MR) is 76.2 cm³/mol. The average molecular weight is 269 g/mol. The van der Waals surface area contributed by atoms with E-state index in [1.807, 2.05) is 6.92 Å².